The molecular formula is C20H16FN3O5S. The van der Waals surface area contributed by atoms with Gasteiger partial charge in [0, 0.05) is 17.4 Å². The first kappa shape index (κ1) is 21.0. The minimum Gasteiger partial charge on any atom is -0.494 e. The van der Waals surface area contributed by atoms with E-state index in [0.717, 1.165) is 17.0 Å². The van der Waals surface area contributed by atoms with Crippen molar-refractivity contribution in [2.75, 3.05) is 13.4 Å². The van der Waals surface area contributed by atoms with E-state index in [1.54, 1.807) is 0 Å². The first-order chi connectivity index (χ1) is 14.2. The van der Waals surface area contributed by atoms with Crippen molar-refractivity contribution in [2.24, 2.45) is 0 Å². The SMILES string of the molecule is COc1ccc(-c2c(-c3ccc(S(C)(=O)=O)cc3)nn(CC#N)c2C(=O)O)cc1F. The summed E-state index contributed by atoms with van der Waals surface area (Å²) in [6.07, 6.45) is 1.07. The molecule has 154 valence electrons. The van der Waals surface area contributed by atoms with E-state index < -0.39 is 21.6 Å². The Morgan fingerprint density at radius 1 is 1.23 bits per heavy atom. The van der Waals surface area contributed by atoms with Crippen LogP contribution in [-0.4, -0.2) is 42.6 Å². The highest BCUT2D eigenvalue weighted by Crippen LogP contribution is 2.36. The molecule has 0 aliphatic rings. The van der Waals surface area contributed by atoms with Gasteiger partial charge in [0.25, 0.3) is 0 Å². The molecule has 0 saturated carbocycles. The van der Waals surface area contributed by atoms with Crippen LogP contribution in [0.3, 0.4) is 0 Å². The zero-order chi connectivity index (χ0) is 22.1. The first-order valence-electron chi connectivity index (χ1n) is 8.52. The lowest BCUT2D eigenvalue weighted by molar-refractivity contribution is 0.0685. The van der Waals surface area contributed by atoms with Crippen molar-refractivity contribution >= 4 is 15.8 Å². The largest absolute Gasteiger partial charge is 0.494 e. The molecule has 3 aromatic rings. The van der Waals surface area contributed by atoms with E-state index in [9.17, 15) is 22.7 Å². The van der Waals surface area contributed by atoms with Crippen molar-refractivity contribution in [3.63, 3.8) is 0 Å². The monoisotopic (exact) mass is 429 g/mol. The minimum atomic E-state index is -3.43. The van der Waals surface area contributed by atoms with Crippen molar-refractivity contribution in [1.29, 1.82) is 5.26 Å². The van der Waals surface area contributed by atoms with Gasteiger partial charge >= 0.3 is 5.97 Å². The van der Waals surface area contributed by atoms with E-state index >= 15 is 0 Å². The second kappa shape index (κ2) is 7.96. The Kier molecular flexibility index (Phi) is 5.58. The van der Waals surface area contributed by atoms with E-state index in [1.165, 1.54) is 43.5 Å². The zero-order valence-electron chi connectivity index (χ0n) is 16.0. The molecule has 0 aliphatic carbocycles. The summed E-state index contributed by atoms with van der Waals surface area (Å²) in [6.45, 7) is -0.339. The number of ether oxygens (including phenoxy) is 1. The number of methoxy groups -OCH3 is 1. The average molecular weight is 429 g/mol. The Balaban J connectivity index is 2.30. The molecule has 1 N–H and O–H groups in total. The summed E-state index contributed by atoms with van der Waals surface area (Å²) in [6, 6.07) is 11.5. The summed E-state index contributed by atoms with van der Waals surface area (Å²) >= 11 is 0. The number of carboxylic acid groups (broad SMARTS) is 1. The lowest BCUT2D eigenvalue weighted by atomic mass is 9.98. The molecule has 0 atom stereocenters. The number of halogens is 1. The van der Waals surface area contributed by atoms with Gasteiger partial charge in [0.1, 0.15) is 12.2 Å². The van der Waals surface area contributed by atoms with Gasteiger partial charge in [-0.2, -0.15) is 10.4 Å². The number of hydrogen-bond acceptors (Lipinski definition) is 6. The van der Waals surface area contributed by atoms with Crippen molar-refractivity contribution in [3.05, 3.63) is 54.0 Å². The molecule has 1 heterocycles. The van der Waals surface area contributed by atoms with Gasteiger partial charge in [-0.3, -0.25) is 0 Å². The lowest BCUT2D eigenvalue weighted by Gasteiger charge is -2.08. The van der Waals surface area contributed by atoms with Crippen LogP contribution in [0.25, 0.3) is 22.4 Å². The molecule has 30 heavy (non-hydrogen) atoms. The van der Waals surface area contributed by atoms with Gasteiger partial charge in [-0.25, -0.2) is 22.3 Å². The molecular weight excluding hydrogens is 413 g/mol. The molecule has 0 saturated heterocycles. The number of sulfone groups is 1. The lowest BCUT2D eigenvalue weighted by Crippen LogP contribution is -2.10. The first-order valence-corrected chi connectivity index (χ1v) is 10.4. The highest BCUT2D eigenvalue weighted by molar-refractivity contribution is 7.90. The minimum absolute atomic E-state index is 0.0147. The van der Waals surface area contributed by atoms with Crippen LogP contribution in [0.5, 0.6) is 5.75 Å². The van der Waals surface area contributed by atoms with E-state index in [1.807, 2.05) is 6.07 Å². The van der Waals surface area contributed by atoms with Crippen molar-refractivity contribution in [1.82, 2.24) is 9.78 Å². The summed E-state index contributed by atoms with van der Waals surface area (Å²) in [5.74, 6) is -2.06. The Morgan fingerprint density at radius 2 is 1.87 bits per heavy atom. The maximum Gasteiger partial charge on any atom is 0.354 e. The van der Waals surface area contributed by atoms with Crippen LogP contribution in [0.1, 0.15) is 10.5 Å². The fourth-order valence-corrected chi connectivity index (χ4v) is 3.65. The average Bonchev–Trinajstić information content (AvgIpc) is 3.07. The van der Waals surface area contributed by atoms with E-state index in [2.05, 4.69) is 5.10 Å². The Hall–Kier alpha value is -3.71. The molecule has 0 aliphatic heterocycles. The van der Waals surface area contributed by atoms with Gasteiger partial charge in [-0.05, 0) is 29.8 Å². The fraction of sp³-hybridized carbons (Fsp3) is 0.150. The number of rotatable bonds is 6. The Labute approximate surface area is 171 Å². The number of aromatic carboxylic acids is 1. The van der Waals surface area contributed by atoms with Crippen molar-refractivity contribution in [2.45, 2.75) is 11.4 Å². The maximum atomic E-state index is 14.3. The van der Waals surface area contributed by atoms with Crippen LogP contribution in [0, 0.1) is 17.1 Å². The normalized spacial score (nSPS) is 11.1. The highest BCUT2D eigenvalue weighted by atomic mass is 32.2. The van der Waals surface area contributed by atoms with Crippen LogP contribution in [-0.2, 0) is 16.4 Å². The summed E-state index contributed by atoms with van der Waals surface area (Å²) in [4.78, 5) is 12.0. The van der Waals surface area contributed by atoms with E-state index in [-0.39, 0.29) is 39.7 Å². The number of hydrogen-bond donors (Lipinski definition) is 1. The predicted molar refractivity (Wildman–Crippen MR) is 105 cm³/mol. The van der Waals surface area contributed by atoms with Gasteiger partial charge in [-0.15, -0.1) is 0 Å². The quantitative estimate of drug-likeness (QED) is 0.639. The van der Waals surface area contributed by atoms with Crippen molar-refractivity contribution < 1.29 is 27.4 Å². The molecule has 0 unspecified atom stereocenters. The Bertz CT molecular complexity index is 1280. The standard InChI is InChI=1S/C20H16FN3O5S/c1-29-16-8-5-13(11-15(16)21)17-18(23-24(10-9-22)19(17)20(25)26)12-3-6-14(7-4-12)30(2,27)28/h3-8,11H,10H2,1-2H3,(H,25,26). The van der Waals surface area contributed by atoms with E-state index in [0.29, 0.717) is 5.56 Å². The van der Waals surface area contributed by atoms with Gasteiger partial charge in [0.15, 0.2) is 27.1 Å². The number of aromatic nitrogens is 2. The fourth-order valence-electron chi connectivity index (χ4n) is 3.02. The summed E-state index contributed by atoms with van der Waals surface area (Å²) in [7, 11) is -2.12. The summed E-state index contributed by atoms with van der Waals surface area (Å²) in [5, 5.41) is 23.0. The smallest absolute Gasteiger partial charge is 0.354 e. The van der Waals surface area contributed by atoms with Gasteiger partial charge < -0.3 is 9.84 Å². The molecule has 10 heteroatoms. The topological polar surface area (TPSA) is 122 Å². The second-order valence-corrected chi connectivity index (χ2v) is 8.35. The maximum absolute atomic E-state index is 14.3. The third-order valence-corrected chi connectivity index (χ3v) is 5.50. The number of carboxylic acids is 1. The summed E-state index contributed by atoms with van der Waals surface area (Å²) in [5.41, 5.74) is 0.617. The van der Waals surface area contributed by atoms with E-state index in [4.69, 9.17) is 10.00 Å². The molecule has 0 bridgehead atoms. The van der Waals surface area contributed by atoms with Gasteiger partial charge in [0.05, 0.1) is 18.1 Å². The number of nitrogens with zero attached hydrogens (tertiary/aromatic N) is 3. The van der Waals surface area contributed by atoms with Gasteiger partial charge in [-0.1, -0.05) is 18.2 Å². The number of carbonyl (C=O) groups is 1. The van der Waals surface area contributed by atoms with Crippen LogP contribution < -0.4 is 4.74 Å². The third kappa shape index (κ3) is 3.88. The number of nitriles is 1. The van der Waals surface area contributed by atoms with Gasteiger partial charge in [0.2, 0.25) is 0 Å². The summed E-state index contributed by atoms with van der Waals surface area (Å²) < 4.78 is 43.7. The highest BCUT2D eigenvalue weighted by Gasteiger charge is 2.26. The second-order valence-electron chi connectivity index (χ2n) is 6.34. The van der Waals surface area contributed by atoms with Crippen LogP contribution in [0.2, 0.25) is 0 Å². The molecule has 0 amide bonds. The molecule has 0 fully saturated rings. The molecule has 3 rings (SSSR count). The van der Waals surface area contributed by atoms with Crippen LogP contribution >= 0.6 is 0 Å². The Morgan fingerprint density at radius 3 is 2.37 bits per heavy atom. The molecule has 0 spiro atoms. The molecule has 2 aromatic carbocycles. The molecule has 1 aromatic heterocycles. The number of benzene rings is 2. The third-order valence-electron chi connectivity index (χ3n) is 4.37. The zero-order valence-corrected chi connectivity index (χ0v) is 16.8. The van der Waals surface area contributed by atoms with Crippen LogP contribution in [0.4, 0.5) is 4.39 Å². The van der Waals surface area contributed by atoms with Crippen molar-refractivity contribution in [3.8, 4) is 34.2 Å². The molecule has 8 nitrogen and oxygen atoms in total. The van der Waals surface area contributed by atoms with Crippen LogP contribution in [0.15, 0.2) is 47.4 Å². The predicted octanol–water partition coefficient (Wildman–Crippen LogP) is 2.99. The molecule has 0 radical (unpaired) electrons.